The summed E-state index contributed by atoms with van der Waals surface area (Å²) in [6.07, 6.45) is -0.138. The minimum Gasteiger partial charge on any atom is -0.480 e. The molecule has 3 rings (SSSR count). The highest BCUT2D eigenvalue weighted by molar-refractivity contribution is 5.94. The molecule has 1 atom stereocenters. The first kappa shape index (κ1) is 31.5. The maximum absolute atomic E-state index is 13.2. The molecule has 0 aliphatic heterocycles. The van der Waals surface area contributed by atoms with E-state index >= 15 is 0 Å². The van der Waals surface area contributed by atoms with Crippen LogP contribution >= 0.6 is 0 Å². The van der Waals surface area contributed by atoms with Crippen molar-refractivity contribution in [2.75, 3.05) is 0 Å². The van der Waals surface area contributed by atoms with Gasteiger partial charge in [0.2, 0.25) is 11.2 Å². The van der Waals surface area contributed by atoms with Gasteiger partial charge in [-0.3, -0.25) is 4.79 Å². The molecule has 0 radical (unpaired) electrons. The number of hydrogen-bond donors (Lipinski definition) is 2. The highest BCUT2D eigenvalue weighted by Gasteiger charge is 2.38. The van der Waals surface area contributed by atoms with Crippen molar-refractivity contribution in [1.29, 1.82) is 0 Å². The third-order valence-electron chi connectivity index (χ3n) is 5.88. The van der Waals surface area contributed by atoms with Gasteiger partial charge in [-0.15, -0.1) is 0 Å². The Bertz CT molecular complexity index is 1470. The first-order chi connectivity index (χ1) is 19.7. The molecule has 0 unspecified atom stereocenters. The van der Waals surface area contributed by atoms with Crippen LogP contribution in [0.1, 0.15) is 54.0 Å². The monoisotopic (exact) mass is 577 g/mol. The summed E-state index contributed by atoms with van der Waals surface area (Å²) >= 11 is 0. The minimum absolute atomic E-state index is 0.138. The van der Waals surface area contributed by atoms with Crippen molar-refractivity contribution in [3.63, 3.8) is 0 Å². The number of nitrogens with two attached hydrogens (primary N) is 1. The average molecular weight is 578 g/mol. The summed E-state index contributed by atoms with van der Waals surface area (Å²) in [6, 6.07) is 18.8. The zero-order valence-electron chi connectivity index (χ0n) is 23.5. The number of hydrogen-bond acceptors (Lipinski definition) is 10. The number of carboxylic acids is 1. The second-order valence-electron chi connectivity index (χ2n) is 10.2. The third kappa shape index (κ3) is 8.24. The van der Waals surface area contributed by atoms with Gasteiger partial charge in [-0.2, -0.15) is 0 Å². The van der Waals surface area contributed by atoms with Crippen LogP contribution in [-0.2, 0) is 30.3 Å². The molecule has 0 amide bonds. The molecule has 11 nitrogen and oxygen atoms in total. The van der Waals surface area contributed by atoms with Crippen LogP contribution in [0, 0.1) is 0 Å². The Hall–Kier alpha value is -5.03. The molecule has 0 saturated carbocycles. The van der Waals surface area contributed by atoms with Crippen molar-refractivity contribution in [2.24, 2.45) is 5.73 Å². The Morgan fingerprint density at radius 2 is 1.12 bits per heavy atom. The molecule has 0 heterocycles. The standard InChI is InChI=1S/C31H31NO10/c1-30(2,41-26(35)20-11-7-5-8-12-20)28(37)39-23-16-15-19(17-22(32)25(33)34)18-24(23)40-29(38)31(3,4)42-27(36)21-13-9-6-10-14-21/h5-16,18,22H,17,32H2,1-4H3,(H,33,34)/t22-/m0/s1. The van der Waals surface area contributed by atoms with Crippen LogP contribution in [0.15, 0.2) is 78.9 Å². The number of benzene rings is 3. The van der Waals surface area contributed by atoms with Crippen LogP contribution in [0.2, 0.25) is 0 Å². The van der Waals surface area contributed by atoms with E-state index in [2.05, 4.69) is 0 Å². The summed E-state index contributed by atoms with van der Waals surface area (Å²) in [5.41, 5.74) is 2.89. The number of carboxylic acid groups (broad SMARTS) is 1. The molecule has 3 aromatic rings. The van der Waals surface area contributed by atoms with E-state index in [1.54, 1.807) is 36.4 Å². The molecule has 0 bridgehead atoms. The van der Waals surface area contributed by atoms with Gasteiger partial charge in [-0.1, -0.05) is 42.5 Å². The van der Waals surface area contributed by atoms with Crippen LogP contribution in [0.25, 0.3) is 0 Å². The van der Waals surface area contributed by atoms with Crippen LogP contribution in [0.5, 0.6) is 11.5 Å². The van der Waals surface area contributed by atoms with Crippen LogP contribution in [0.3, 0.4) is 0 Å². The molecule has 0 saturated heterocycles. The molecule has 11 heteroatoms. The van der Waals surface area contributed by atoms with Gasteiger partial charge in [0.1, 0.15) is 6.04 Å². The highest BCUT2D eigenvalue weighted by atomic mass is 16.6. The maximum Gasteiger partial charge on any atom is 0.355 e. The zero-order chi connectivity index (χ0) is 31.1. The molecule has 0 aliphatic carbocycles. The fourth-order valence-electron chi connectivity index (χ4n) is 3.44. The number of carbonyl (C=O) groups is 5. The van der Waals surface area contributed by atoms with Crippen molar-refractivity contribution in [2.45, 2.75) is 51.4 Å². The van der Waals surface area contributed by atoms with Crippen LogP contribution in [0.4, 0.5) is 0 Å². The minimum atomic E-state index is -1.79. The molecule has 0 spiro atoms. The highest BCUT2D eigenvalue weighted by Crippen LogP contribution is 2.32. The smallest absolute Gasteiger partial charge is 0.355 e. The topological polar surface area (TPSA) is 169 Å². The molecule has 220 valence electrons. The van der Waals surface area contributed by atoms with Gasteiger partial charge in [0.25, 0.3) is 0 Å². The molecular weight excluding hydrogens is 546 g/mol. The predicted octanol–water partition coefficient (Wildman–Crippen LogP) is 3.72. The number of carbonyl (C=O) groups excluding carboxylic acids is 4. The summed E-state index contributed by atoms with van der Waals surface area (Å²) in [7, 11) is 0. The summed E-state index contributed by atoms with van der Waals surface area (Å²) in [6.45, 7) is 5.29. The lowest BCUT2D eigenvalue weighted by molar-refractivity contribution is -0.155. The number of esters is 4. The third-order valence-corrected chi connectivity index (χ3v) is 5.88. The van der Waals surface area contributed by atoms with Crippen molar-refractivity contribution < 1.29 is 48.0 Å². The fourth-order valence-corrected chi connectivity index (χ4v) is 3.44. The van der Waals surface area contributed by atoms with Gasteiger partial charge in [0, 0.05) is 0 Å². The Morgan fingerprint density at radius 3 is 1.55 bits per heavy atom. The lowest BCUT2D eigenvalue weighted by atomic mass is 10.1. The number of aliphatic carboxylic acids is 1. The van der Waals surface area contributed by atoms with Gasteiger partial charge >= 0.3 is 29.8 Å². The first-order valence-electron chi connectivity index (χ1n) is 12.8. The second kappa shape index (κ2) is 13.1. The van der Waals surface area contributed by atoms with E-state index in [1.807, 2.05) is 0 Å². The Morgan fingerprint density at radius 1 is 0.690 bits per heavy atom. The van der Waals surface area contributed by atoms with Crippen LogP contribution in [-0.4, -0.2) is 52.2 Å². The van der Waals surface area contributed by atoms with Gasteiger partial charge in [-0.05, 0) is 76.1 Å². The zero-order valence-corrected chi connectivity index (χ0v) is 23.5. The largest absolute Gasteiger partial charge is 0.480 e. The van der Waals surface area contributed by atoms with Gasteiger partial charge in [-0.25, -0.2) is 19.2 Å². The quantitative estimate of drug-likeness (QED) is 0.252. The van der Waals surface area contributed by atoms with E-state index < -0.39 is 47.1 Å². The van der Waals surface area contributed by atoms with E-state index in [9.17, 15) is 29.1 Å². The fraction of sp³-hybridized carbons (Fsp3) is 0.258. The van der Waals surface area contributed by atoms with Gasteiger partial charge < -0.3 is 29.8 Å². The van der Waals surface area contributed by atoms with Crippen molar-refractivity contribution in [3.05, 3.63) is 95.6 Å². The Kier molecular flexibility index (Phi) is 9.82. The summed E-state index contributed by atoms with van der Waals surface area (Å²) < 4.78 is 21.7. The van der Waals surface area contributed by atoms with E-state index in [0.717, 1.165) is 0 Å². The first-order valence-corrected chi connectivity index (χ1v) is 12.8. The molecular formula is C31H31NO10. The van der Waals surface area contributed by atoms with E-state index in [4.69, 9.17) is 24.7 Å². The predicted molar refractivity (Wildman–Crippen MR) is 149 cm³/mol. The molecule has 3 aromatic carbocycles. The average Bonchev–Trinajstić information content (AvgIpc) is 2.94. The summed E-state index contributed by atoms with van der Waals surface area (Å²) in [5, 5.41) is 9.19. The number of rotatable bonds is 11. The van der Waals surface area contributed by atoms with Gasteiger partial charge in [0.15, 0.2) is 11.5 Å². The molecule has 0 aliphatic rings. The Balaban J connectivity index is 1.84. The SMILES string of the molecule is CC(C)(OC(=O)c1ccccc1)C(=O)Oc1ccc(C[C@H](N)C(=O)O)cc1OC(=O)C(C)(C)OC(=O)c1ccccc1. The number of ether oxygens (including phenoxy) is 4. The Labute approximate surface area is 242 Å². The molecule has 42 heavy (non-hydrogen) atoms. The lowest BCUT2D eigenvalue weighted by Crippen LogP contribution is -2.41. The molecule has 0 aromatic heterocycles. The lowest BCUT2D eigenvalue weighted by Gasteiger charge is -2.25. The molecule has 0 fully saturated rings. The second-order valence-corrected chi connectivity index (χ2v) is 10.2. The van der Waals surface area contributed by atoms with Crippen molar-refractivity contribution in [1.82, 2.24) is 0 Å². The normalized spacial score (nSPS) is 12.0. The maximum atomic E-state index is 13.2. The summed E-state index contributed by atoms with van der Waals surface area (Å²) in [5.74, 6) is -5.31. The van der Waals surface area contributed by atoms with Crippen LogP contribution < -0.4 is 15.2 Å². The molecule has 3 N–H and O–H groups in total. The van der Waals surface area contributed by atoms with E-state index in [0.29, 0.717) is 5.56 Å². The summed E-state index contributed by atoms with van der Waals surface area (Å²) in [4.78, 5) is 62.6. The van der Waals surface area contributed by atoms with Gasteiger partial charge in [0.05, 0.1) is 11.1 Å². The van der Waals surface area contributed by atoms with E-state index in [1.165, 1.54) is 70.2 Å². The van der Waals surface area contributed by atoms with Crippen molar-refractivity contribution in [3.8, 4) is 11.5 Å². The van der Waals surface area contributed by atoms with E-state index in [-0.39, 0.29) is 29.0 Å². The van der Waals surface area contributed by atoms with Crippen molar-refractivity contribution >= 4 is 29.8 Å².